The van der Waals surface area contributed by atoms with Gasteiger partial charge in [-0.15, -0.1) is 0 Å². The monoisotopic (exact) mass is 202 g/mol. The Morgan fingerprint density at radius 2 is 2.00 bits per heavy atom. The van der Waals surface area contributed by atoms with Crippen molar-refractivity contribution in [3.05, 3.63) is 47.5 Å². The molecule has 0 aromatic heterocycles. The molecule has 0 fully saturated rings. The van der Waals surface area contributed by atoms with Gasteiger partial charge >= 0.3 is 0 Å². The standard InChI is InChI=1S/C14H18O/c1-11-8-12(2)15-14(9-11)10-13-6-4-3-5-7-13/h3-8,12,14H,9-10H2,1-2H3. The quantitative estimate of drug-likeness (QED) is 0.668. The molecule has 0 saturated carbocycles. The van der Waals surface area contributed by atoms with Crippen LogP contribution in [0.3, 0.4) is 0 Å². The van der Waals surface area contributed by atoms with Gasteiger partial charge in [-0.05, 0) is 32.3 Å². The Morgan fingerprint density at radius 3 is 2.67 bits per heavy atom. The Labute approximate surface area is 91.8 Å². The second-order valence-corrected chi connectivity index (χ2v) is 4.37. The number of hydrogen-bond donors (Lipinski definition) is 0. The topological polar surface area (TPSA) is 9.23 Å². The first-order chi connectivity index (χ1) is 7.24. The minimum atomic E-state index is 0.271. The first-order valence-corrected chi connectivity index (χ1v) is 5.61. The highest BCUT2D eigenvalue weighted by molar-refractivity contribution is 5.17. The summed E-state index contributed by atoms with van der Waals surface area (Å²) in [5, 5.41) is 0. The van der Waals surface area contributed by atoms with E-state index in [2.05, 4.69) is 50.3 Å². The molecule has 1 heterocycles. The molecule has 1 aliphatic heterocycles. The number of benzene rings is 1. The van der Waals surface area contributed by atoms with Gasteiger partial charge in [0.25, 0.3) is 0 Å². The molecular weight excluding hydrogens is 184 g/mol. The highest BCUT2D eigenvalue weighted by Crippen LogP contribution is 2.21. The molecule has 0 N–H and O–H groups in total. The lowest BCUT2D eigenvalue weighted by Gasteiger charge is -2.26. The molecule has 2 rings (SSSR count). The Balaban J connectivity index is 1.99. The molecule has 15 heavy (non-hydrogen) atoms. The zero-order valence-electron chi connectivity index (χ0n) is 9.44. The molecule has 0 spiro atoms. The zero-order chi connectivity index (χ0) is 10.7. The minimum Gasteiger partial charge on any atom is -0.371 e. The van der Waals surface area contributed by atoms with Gasteiger partial charge in [0.1, 0.15) is 0 Å². The molecule has 0 aliphatic carbocycles. The van der Waals surface area contributed by atoms with Crippen LogP contribution in [0.1, 0.15) is 25.8 Å². The fourth-order valence-corrected chi connectivity index (χ4v) is 2.22. The van der Waals surface area contributed by atoms with Crippen LogP contribution in [-0.2, 0) is 11.2 Å². The summed E-state index contributed by atoms with van der Waals surface area (Å²) in [6.45, 7) is 4.30. The molecule has 2 atom stereocenters. The van der Waals surface area contributed by atoms with Crippen LogP contribution >= 0.6 is 0 Å². The average Bonchev–Trinajstić information content (AvgIpc) is 2.17. The van der Waals surface area contributed by atoms with Gasteiger partial charge in [0.15, 0.2) is 0 Å². The smallest absolute Gasteiger partial charge is 0.0734 e. The lowest BCUT2D eigenvalue weighted by Crippen LogP contribution is -2.25. The third kappa shape index (κ3) is 2.93. The summed E-state index contributed by atoms with van der Waals surface area (Å²) in [6, 6.07) is 10.6. The van der Waals surface area contributed by atoms with Gasteiger partial charge in [-0.1, -0.05) is 42.0 Å². The predicted octanol–water partition coefficient (Wildman–Crippen LogP) is 3.35. The Bertz CT molecular complexity index is 340. The Kier molecular flexibility index (Phi) is 3.22. The van der Waals surface area contributed by atoms with Gasteiger partial charge in [0.2, 0.25) is 0 Å². The van der Waals surface area contributed by atoms with Crippen molar-refractivity contribution < 1.29 is 4.74 Å². The summed E-state index contributed by atoms with van der Waals surface area (Å²) in [6.07, 6.45) is 4.93. The normalized spacial score (nSPS) is 26.1. The van der Waals surface area contributed by atoms with Crippen LogP contribution in [-0.4, -0.2) is 12.2 Å². The van der Waals surface area contributed by atoms with Gasteiger partial charge in [0, 0.05) is 0 Å². The van der Waals surface area contributed by atoms with Crippen molar-refractivity contribution in [2.24, 2.45) is 0 Å². The van der Waals surface area contributed by atoms with E-state index in [1.165, 1.54) is 11.1 Å². The molecule has 1 aromatic carbocycles. The number of hydrogen-bond acceptors (Lipinski definition) is 1. The van der Waals surface area contributed by atoms with Crippen LogP contribution in [0.4, 0.5) is 0 Å². The summed E-state index contributed by atoms with van der Waals surface area (Å²) < 4.78 is 5.88. The molecule has 1 heteroatoms. The number of rotatable bonds is 2. The summed E-state index contributed by atoms with van der Waals surface area (Å²) in [4.78, 5) is 0. The maximum Gasteiger partial charge on any atom is 0.0734 e. The van der Waals surface area contributed by atoms with Crippen molar-refractivity contribution in [3.63, 3.8) is 0 Å². The SMILES string of the molecule is CC1=CC(C)OC(Cc2ccccc2)C1. The molecule has 80 valence electrons. The molecular formula is C14H18O. The van der Waals surface area contributed by atoms with Crippen molar-refractivity contribution in [2.45, 2.75) is 38.9 Å². The van der Waals surface area contributed by atoms with E-state index >= 15 is 0 Å². The first-order valence-electron chi connectivity index (χ1n) is 5.61. The van der Waals surface area contributed by atoms with E-state index in [4.69, 9.17) is 4.74 Å². The summed E-state index contributed by atoms with van der Waals surface area (Å²) in [7, 11) is 0. The fourth-order valence-electron chi connectivity index (χ4n) is 2.22. The van der Waals surface area contributed by atoms with Gasteiger partial charge in [-0.2, -0.15) is 0 Å². The Morgan fingerprint density at radius 1 is 1.27 bits per heavy atom. The second-order valence-electron chi connectivity index (χ2n) is 4.37. The third-order valence-corrected chi connectivity index (χ3v) is 2.78. The molecule has 0 amide bonds. The van der Waals surface area contributed by atoms with Gasteiger partial charge < -0.3 is 4.74 Å². The lowest BCUT2D eigenvalue weighted by atomic mass is 9.99. The second kappa shape index (κ2) is 4.63. The van der Waals surface area contributed by atoms with E-state index < -0.39 is 0 Å². The van der Waals surface area contributed by atoms with E-state index in [0.29, 0.717) is 6.10 Å². The highest BCUT2D eigenvalue weighted by atomic mass is 16.5. The maximum absolute atomic E-state index is 5.88. The molecule has 1 aliphatic rings. The van der Waals surface area contributed by atoms with Crippen LogP contribution < -0.4 is 0 Å². The van der Waals surface area contributed by atoms with Crippen molar-refractivity contribution >= 4 is 0 Å². The predicted molar refractivity (Wildman–Crippen MR) is 62.9 cm³/mol. The van der Waals surface area contributed by atoms with E-state index in [1.54, 1.807) is 0 Å². The van der Waals surface area contributed by atoms with Gasteiger partial charge in [-0.25, -0.2) is 0 Å². The van der Waals surface area contributed by atoms with Crippen LogP contribution in [0, 0.1) is 0 Å². The van der Waals surface area contributed by atoms with Gasteiger partial charge in [0.05, 0.1) is 12.2 Å². The van der Waals surface area contributed by atoms with Crippen LogP contribution in [0.5, 0.6) is 0 Å². The minimum absolute atomic E-state index is 0.271. The molecule has 0 radical (unpaired) electrons. The summed E-state index contributed by atoms with van der Waals surface area (Å²) in [5.74, 6) is 0. The van der Waals surface area contributed by atoms with Crippen LogP contribution in [0.25, 0.3) is 0 Å². The van der Waals surface area contributed by atoms with E-state index in [9.17, 15) is 0 Å². The Hall–Kier alpha value is -1.08. The van der Waals surface area contributed by atoms with Crippen LogP contribution in [0.15, 0.2) is 42.0 Å². The van der Waals surface area contributed by atoms with Crippen molar-refractivity contribution in [2.75, 3.05) is 0 Å². The molecule has 0 saturated heterocycles. The van der Waals surface area contributed by atoms with Crippen molar-refractivity contribution in [1.82, 2.24) is 0 Å². The summed E-state index contributed by atoms with van der Waals surface area (Å²) >= 11 is 0. The van der Waals surface area contributed by atoms with Crippen LogP contribution in [0.2, 0.25) is 0 Å². The highest BCUT2D eigenvalue weighted by Gasteiger charge is 2.18. The maximum atomic E-state index is 5.88. The van der Waals surface area contributed by atoms with E-state index in [-0.39, 0.29) is 6.10 Å². The average molecular weight is 202 g/mol. The van der Waals surface area contributed by atoms with Crippen molar-refractivity contribution in [3.8, 4) is 0 Å². The summed E-state index contributed by atoms with van der Waals surface area (Å²) in [5.41, 5.74) is 2.82. The third-order valence-electron chi connectivity index (χ3n) is 2.78. The van der Waals surface area contributed by atoms with Crippen molar-refractivity contribution in [1.29, 1.82) is 0 Å². The van der Waals surface area contributed by atoms with E-state index in [1.807, 2.05) is 0 Å². The zero-order valence-corrected chi connectivity index (χ0v) is 9.44. The molecule has 1 aromatic rings. The molecule has 1 nitrogen and oxygen atoms in total. The molecule has 0 bridgehead atoms. The van der Waals surface area contributed by atoms with Gasteiger partial charge in [-0.3, -0.25) is 0 Å². The van der Waals surface area contributed by atoms with E-state index in [0.717, 1.165) is 12.8 Å². The largest absolute Gasteiger partial charge is 0.371 e. The fraction of sp³-hybridized carbons (Fsp3) is 0.429. The number of ether oxygens (including phenoxy) is 1. The molecule has 2 unspecified atom stereocenters. The first kappa shape index (κ1) is 10.4. The lowest BCUT2D eigenvalue weighted by molar-refractivity contribution is 0.0132.